The number of aromatic nitrogens is 1. The molecule has 0 bridgehead atoms. The lowest BCUT2D eigenvalue weighted by Gasteiger charge is -2.08. The van der Waals surface area contributed by atoms with Crippen LogP contribution in [0.25, 0.3) is 0 Å². The first-order valence-electron chi connectivity index (χ1n) is 5.69. The Hall–Kier alpha value is -1.59. The highest BCUT2D eigenvalue weighted by atomic mass is 35.5. The summed E-state index contributed by atoms with van der Waals surface area (Å²) in [5.74, 6) is 0.542. The van der Waals surface area contributed by atoms with Gasteiger partial charge in [-0.3, -0.25) is 9.71 Å². The van der Waals surface area contributed by atoms with E-state index in [0.29, 0.717) is 11.6 Å². The van der Waals surface area contributed by atoms with Crippen LogP contribution in [-0.4, -0.2) is 19.3 Å². The molecule has 0 saturated carbocycles. The Morgan fingerprint density at radius 3 is 2.47 bits per heavy atom. The van der Waals surface area contributed by atoms with Gasteiger partial charge in [0.2, 0.25) is 0 Å². The van der Waals surface area contributed by atoms with Gasteiger partial charge in [0.15, 0.2) is 0 Å². The summed E-state index contributed by atoms with van der Waals surface area (Å²) >= 11 is 5.64. The summed E-state index contributed by atoms with van der Waals surface area (Å²) in [6, 6.07) is 10.2. The lowest BCUT2D eigenvalue weighted by molar-refractivity contribution is 0.601. The van der Waals surface area contributed by atoms with E-state index in [0.717, 1.165) is 12.0 Å². The van der Waals surface area contributed by atoms with Gasteiger partial charge < -0.3 is 0 Å². The fourth-order valence-electron chi connectivity index (χ4n) is 1.57. The maximum atomic E-state index is 12.0. The van der Waals surface area contributed by atoms with Gasteiger partial charge in [0.1, 0.15) is 4.90 Å². The number of rotatable bonds is 5. The highest BCUT2D eigenvalue weighted by molar-refractivity contribution is 7.92. The molecule has 1 aromatic heterocycles. The quantitative estimate of drug-likeness (QED) is 0.863. The van der Waals surface area contributed by atoms with E-state index in [2.05, 4.69) is 9.71 Å². The number of hydrogen-bond donors (Lipinski definition) is 1. The molecule has 0 aliphatic rings. The number of alkyl halides is 1. The number of sulfonamides is 1. The van der Waals surface area contributed by atoms with Gasteiger partial charge in [-0.2, -0.15) is 0 Å². The Morgan fingerprint density at radius 1 is 1.16 bits per heavy atom. The molecule has 1 heterocycles. The monoisotopic (exact) mass is 296 g/mol. The summed E-state index contributed by atoms with van der Waals surface area (Å²) in [5, 5.41) is 0. The SMILES string of the molecule is O=S(=O)(Nc1ccc(CCCl)cc1)c1cccnc1. The smallest absolute Gasteiger partial charge is 0.263 e. The number of benzene rings is 1. The summed E-state index contributed by atoms with van der Waals surface area (Å²) in [5.41, 5.74) is 1.58. The third-order valence-corrected chi connectivity index (χ3v) is 4.09. The van der Waals surface area contributed by atoms with Crippen molar-refractivity contribution in [2.24, 2.45) is 0 Å². The van der Waals surface area contributed by atoms with E-state index < -0.39 is 10.0 Å². The minimum atomic E-state index is -3.58. The molecule has 0 aliphatic heterocycles. The molecular weight excluding hydrogens is 284 g/mol. The fraction of sp³-hybridized carbons (Fsp3) is 0.154. The van der Waals surface area contributed by atoms with Crippen molar-refractivity contribution in [3.8, 4) is 0 Å². The molecule has 0 aliphatic carbocycles. The van der Waals surface area contributed by atoms with Crippen molar-refractivity contribution in [1.82, 2.24) is 4.98 Å². The topological polar surface area (TPSA) is 59.1 Å². The maximum Gasteiger partial charge on any atom is 0.263 e. The van der Waals surface area contributed by atoms with E-state index in [1.54, 1.807) is 18.2 Å². The molecule has 1 N–H and O–H groups in total. The molecule has 4 nitrogen and oxygen atoms in total. The standard InChI is InChI=1S/C13H13ClN2O2S/c14-8-7-11-3-5-12(6-4-11)16-19(17,18)13-2-1-9-15-10-13/h1-6,9-10,16H,7-8H2. The Bertz CT molecular complexity index is 627. The summed E-state index contributed by atoms with van der Waals surface area (Å²) in [7, 11) is -3.58. The largest absolute Gasteiger partial charge is 0.280 e. The van der Waals surface area contributed by atoms with E-state index in [1.807, 2.05) is 12.1 Å². The Kier molecular flexibility index (Phi) is 4.39. The van der Waals surface area contributed by atoms with Crippen molar-refractivity contribution in [3.63, 3.8) is 0 Å². The molecule has 0 radical (unpaired) electrons. The van der Waals surface area contributed by atoms with Crippen LogP contribution in [-0.2, 0) is 16.4 Å². The molecule has 100 valence electrons. The number of halogens is 1. The van der Waals surface area contributed by atoms with Crippen LogP contribution in [0.2, 0.25) is 0 Å². The van der Waals surface area contributed by atoms with Crippen molar-refractivity contribution in [1.29, 1.82) is 0 Å². The lowest BCUT2D eigenvalue weighted by atomic mass is 10.2. The van der Waals surface area contributed by atoms with E-state index in [1.165, 1.54) is 18.5 Å². The summed E-state index contributed by atoms with van der Waals surface area (Å²) in [6.45, 7) is 0. The second kappa shape index (κ2) is 6.04. The molecule has 19 heavy (non-hydrogen) atoms. The third-order valence-electron chi connectivity index (χ3n) is 2.53. The van der Waals surface area contributed by atoms with E-state index in [-0.39, 0.29) is 4.90 Å². The van der Waals surface area contributed by atoms with Gasteiger partial charge in [0, 0.05) is 24.0 Å². The predicted octanol–water partition coefficient (Wildman–Crippen LogP) is 2.66. The Morgan fingerprint density at radius 2 is 1.89 bits per heavy atom. The first kappa shape index (κ1) is 13.8. The zero-order valence-electron chi connectivity index (χ0n) is 10.1. The number of hydrogen-bond acceptors (Lipinski definition) is 3. The van der Waals surface area contributed by atoms with Gasteiger partial charge in [-0.1, -0.05) is 12.1 Å². The molecule has 0 amide bonds. The molecule has 0 unspecified atom stereocenters. The number of anilines is 1. The normalized spacial score (nSPS) is 11.2. The molecule has 0 atom stereocenters. The maximum absolute atomic E-state index is 12.0. The van der Waals surface area contributed by atoms with Gasteiger partial charge in [0.25, 0.3) is 10.0 Å². The average molecular weight is 297 g/mol. The van der Waals surface area contributed by atoms with Crippen molar-refractivity contribution < 1.29 is 8.42 Å². The van der Waals surface area contributed by atoms with Gasteiger partial charge in [-0.15, -0.1) is 11.6 Å². The van der Waals surface area contributed by atoms with Crippen LogP contribution in [0, 0.1) is 0 Å². The predicted molar refractivity (Wildman–Crippen MR) is 75.9 cm³/mol. The van der Waals surface area contributed by atoms with E-state index >= 15 is 0 Å². The van der Waals surface area contributed by atoms with Crippen LogP contribution < -0.4 is 4.72 Å². The van der Waals surface area contributed by atoms with Crippen LogP contribution in [0.3, 0.4) is 0 Å². The molecule has 0 spiro atoms. The van der Waals surface area contributed by atoms with Gasteiger partial charge in [-0.05, 0) is 36.2 Å². The molecule has 0 fully saturated rings. The summed E-state index contributed by atoms with van der Waals surface area (Å²) < 4.78 is 26.6. The van der Waals surface area contributed by atoms with Crippen molar-refractivity contribution in [2.45, 2.75) is 11.3 Å². The summed E-state index contributed by atoms with van der Waals surface area (Å²) in [4.78, 5) is 3.94. The average Bonchev–Trinajstić information content (AvgIpc) is 2.42. The molecule has 0 saturated heterocycles. The minimum absolute atomic E-state index is 0.139. The molecule has 6 heteroatoms. The fourth-order valence-corrected chi connectivity index (χ4v) is 2.81. The minimum Gasteiger partial charge on any atom is -0.280 e. The lowest BCUT2D eigenvalue weighted by Crippen LogP contribution is -2.13. The number of nitrogens with one attached hydrogen (secondary N) is 1. The molecule has 2 aromatic rings. The first-order chi connectivity index (χ1) is 9.12. The Balaban J connectivity index is 2.17. The molecule has 1 aromatic carbocycles. The highest BCUT2D eigenvalue weighted by Crippen LogP contribution is 2.16. The van der Waals surface area contributed by atoms with Crippen LogP contribution in [0.4, 0.5) is 5.69 Å². The number of nitrogens with zero attached hydrogens (tertiary/aromatic N) is 1. The zero-order chi connectivity index (χ0) is 13.7. The number of pyridine rings is 1. The Labute approximate surface area is 117 Å². The van der Waals surface area contributed by atoms with Gasteiger partial charge in [-0.25, -0.2) is 8.42 Å². The highest BCUT2D eigenvalue weighted by Gasteiger charge is 2.13. The first-order valence-corrected chi connectivity index (χ1v) is 7.71. The van der Waals surface area contributed by atoms with Crippen LogP contribution >= 0.6 is 11.6 Å². The summed E-state index contributed by atoms with van der Waals surface area (Å²) in [6.07, 6.45) is 3.60. The zero-order valence-corrected chi connectivity index (χ0v) is 11.7. The van der Waals surface area contributed by atoms with Crippen LogP contribution in [0.15, 0.2) is 53.7 Å². The van der Waals surface area contributed by atoms with Crippen molar-refractivity contribution >= 4 is 27.3 Å². The van der Waals surface area contributed by atoms with Crippen LogP contribution in [0.1, 0.15) is 5.56 Å². The van der Waals surface area contributed by atoms with Gasteiger partial charge >= 0.3 is 0 Å². The van der Waals surface area contributed by atoms with Crippen molar-refractivity contribution in [3.05, 3.63) is 54.4 Å². The third kappa shape index (κ3) is 3.68. The molecule has 2 rings (SSSR count). The second-order valence-corrected chi connectivity index (χ2v) is 5.99. The second-order valence-electron chi connectivity index (χ2n) is 3.93. The van der Waals surface area contributed by atoms with E-state index in [9.17, 15) is 8.42 Å². The number of aryl methyl sites for hydroxylation is 1. The molecular formula is C13H13ClN2O2S. The van der Waals surface area contributed by atoms with Crippen molar-refractivity contribution in [2.75, 3.05) is 10.6 Å². The van der Waals surface area contributed by atoms with Gasteiger partial charge in [0.05, 0.1) is 0 Å². The van der Waals surface area contributed by atoms with E-state index in [4.69, 9.17) is 11.6 Å². The van der Waals surface area contributed by atoms with Crippen LogP contribution in [0.5, 0.6) is 0 Å².